The summed E-state index contributed by atoms with van der Waals surface area (Å²) in [6, 6.07) is 1.68. The zero-order valence-electron chi connectivity index (χ0n) is 17.9. The van der Waals surface area contributed by atoms with Gasteiger partial charge in [-0.25, -0.2) is 0 Å². The Morgan fingerprint density at radius 2 is 2.19 bits per heavy atom. The lowest BCUT2D eigenvalue weighted by molar-refractivity contribution is -0.116. The third-order valence-electron chi connectivity index (χ3n) is 6.68. The molecule has 2 fully saturated rings. The van der Waals surface area contributed by atoms with E-state index in [4.69, 9.17) is 4.74 Å². The topological polar surface area (TPSA) is 96.4 Å². The van der Waals surface area contributed by atoms with E-state index in [0.29, 0.717) is 36.0 Å². The van der Waals surface area contributed by atoms with Gasteiger partial charge >= 0.3 is 0 Å². The third-order valence-corrected chi connectivity index (χ3v) is 6.68. The molecule has 2 aromatic heterocycles. The maximum Gasteiger partial charge on any atom is 0.274 e. The molecule has 2 atom stereocenters. The summed E-state index contributed by atoms with van der Waals surface area (Å²) in [5, 5.41) is 2.85. The zero-order valence-corrected chi connectivity index (χ0v) is 17.9. The van der Waals surface area contributed by atoms with Crippen molar-refractivity contribution in [1.29, 1.82) is 0 Å². The van der Waals surface area contributed by atoms with Crippen molar-refractivity contribution in [3.63, 3.8) is 0 Å². The lowest BCUT2D eigenvalue weighted by Gasteiger charge is -2.28. The Balaban J connectivity index is 1.48. The molecule has 0 aromatic carbocycles. The maximum absolute atomic E-state index is 13.6. The van der Waals surface area contributed by atoms with E-state index in [0.717, 1.165) is 29.7 Å². The van der Waals surface area contributed by atoms with Crippen LogP contribution in [-0.2, 0) is 21.7 Å². The minimum atomic E-state index is -0.236. The Morgan fingerprint density at radius 3 is 2.94 bits per heavy atom. The summed E-state index contributed by atoms with van der Waals surface area (Å²) in [4.78, 5) is 43.2. The predicted molar refractivity (Wildman–Crippen MR) is 114 cm³/mol. The van der Waals surface area contributed by atoms with Crippen LogP contribution < -0.4 is 5.32 Å². The molecule has 0 unspecified atom stereocenters. The van der Waals surface area contributed by atoms with E-state index in [1.165, 1.54) is 0 Å². The molecule has 3 aliphatic rings. The number of hydrogen-bond donors (Lipinski definition) is 2. The van der Waals surface area contributed by atoms with Crippen LogP contribution in [0.25, 0.3) is 0 Å². The highest BCUT2D eigenvalue weighted by Crippen LogP contribution is 2.67. The van der Waals surface area contributed by atoms with Gasteiger partial charge in [-0.1, -0.05) is 6.92 Å². The number of nitrogens with zero attached hydrogens (tertiary/aromatic N) is 2. The Morgan fingerprint density at radius 1 is 1.39 bits per heavy atom. The Labute approximate surface area is 180 Å². The van der Waals surface area contributed by atoms with E-state index in [-0.39, 0.29) is 29.7 Å². The number of aromatic amines is 1. The summed E-state index contributed by atoms with van der Waals surface area (Å²) in [5.41, 5.74) is 4.32. The van der Waals surface area contributed by atoms with Crippen molar-refractivity contribution in [3.8, 4) is 0 Å². The zero-order chi connectivity index (χ0) is 21.9. The number of piperidine rings is 1. The number of H-pyrrole nitrogens is 1. The molecule has 1 saturated heterocycles. The number of nitrogens with one attached hydrogen (secondary N) is 2. The van der Waals surface area contributed by atoms with E-state index in [1.807, 2.05) is 20.0 Å². The van der Waals surface area contributed by atoms with Crippen LogP contribution >= 0.6 is 0 Å². The normalized spacial score (nSPS) is 23.2. The van der Waals surface area contributed by atoms with Crippen LogP contribution in [0.1, 0.15) is 58.3 Å². The van der Waals surface area contributed by atoms with E-state index >= 15 is 0 Å². The number of methoxy groups -OCH3 is 1. The number of likely N-dealkylation sites (tertiary alicyclic amines) is 1. The van der Waals surface area contributed by atoms with Crippen molar-refractivity contribution in [1.82, 2.24) is 14.5 Å². The second-order valence-corrected chi connectivity index (χ2v) is 8.70. The van der Waals surface area contributed by atoms with Crippen molar-refractivity contribution in [2.24, 2.45) is 5.92 Å². The third kappa shape index (κ3) is 2.81. The van der Waals surface area contributed by atoms with Crippen molar-refractivity contribution >= 4 is 23.3 Å². The molecule has 1 saturated carbocycles. The van der Waals surface area contributed by atoms with Gasteiger partial charge in [0.05, 0.1) is 11.4 Å². The Kier molecular flexibility index (Phi) is 4.44. The molecule has 2 amide bonds. The highest BCUT2D eigenvalue weighted by atomic mass is 16.5. The van der Waals surface area contributed by atoms with Gasteiger partial charge in [0.15, 0.2) is 0 Å². The number of hydrogen-bond acceptors (Lipinski definition) is 4. The minimum Gasteiger partial charge on any atom is -0.364 e. The lowest BCUT2D eigenvalue weighted by atomic mass is 9.83. The molecule has 162 valence electrons. The van der Waals surface area contributed by atoms with Crippen LogP contribution in [0.4, 0.5) is 5.69 Å². The number of aryl methyl sites for hydroxylation is 1. The Hall–Kier alpha value is -3.13. The van der Waals surface area contributed by atoms with E-state index in [2.05, 4.69) is 10.3 Å². The SMILES string of the molecule is CCCC(=O)Nc1cc(C(=O)N2C[C@@H]3C[C@]34C2=CC(=O)c2[nH]cc(C)c24)n(COC)c1. The summed E-state index contributed by atoms with van der Waals surface area (Å²) >= 11 is 0. The first-order valence-corrected chi connectivity index (χ1v) is 10.7. The van der Waals surface area contributed by atoms with Gasteiger partial charge in [0, 0.05) is 49.7 Å². The van der Waals surface area contributed by atoms with Gasteiger partial charge in [0.25, 0.3) is 5.91 Å². The molecule has 8 heteroatoms. The molecular formula is C23H26N4O4. The quantitative estimate of drug-likeness (QED) is 0.748. The van der Waals surface area contributed by atoms with Crippen LogP contribution in [-0.4, -0.2) is 45.7 Å². The predicted octanol–water partition coefficient (Wildman–Crippen LogP) is 2.96. The number of fused-ring (bicyclic) bond motifs is 1. The molecule has 2 aromatic rings. The number of allylic oxidation sites excluding steroid dienone is 2. The van der Waals surface area contributed by atoms with Gasteiger partial charge in [0.2, 0.25) is 11.7 Å². The number of carbonyl (C=O) groups is 3. The van der Waals surface area contributed by atoms with Crippen LogP contribution in [0, 0.1) is 12.8 Å². The van der Waals surface area contributed by atoms with Crippen LogP contribution in [0.15, 0.2) is 30.2 Å². The van der Waals surface area contributed by atoms with Gasteiger partial charge < -0.3 is 24.5 Å². The average molecular weight is 422 g/mol. The molecule has 3 heterocycles. The van der Waals surface area contributed by atoms with Crippen LogP contribution in [0.2, 0.25) is 0 Å². The number of ketones is 1. The fourth-order valence-electron chi connectivity index (χ4n) is 5.34. The average Bonchev–Trinajstić information content (AvgIpc) is 3.01. The molecule has 0 bridgehead atoms. The summed E-state index contributed by atoms with van der Waals surface area (Å²) in [5.74, 6) is -0.0451. The fourth-order valence-corrected chi connectivity index (χ4v) is 5.34. The number of rotatable bonds is 6. The number of carbonyl (C=O) groups excluding carboxylic acids is 3. The first-order chi connectivity index (χ1) is 14.9. The van der Waals surface area contributed by atoms with E-state index in [9.17, 15) is 14.4 Å². The summed E-state index contributed by atoms with van der Waals surface area (Å²) in [6.07, 6.45) is 7.34. The lowest BCUT2D eigenvalue weighted by Crippen LogP contribution is -2.34. The largest absolute Gasteiger partial charge is 0.364 e. The summed E-state index contributed by atoms with van der Waals surface area (Å²) < 4.78 is 6.95. The number of amides is 2. The standard InChI is InChI=1S/C23H26N4O4/c1-4-5-19(29)25-15-6-16(26(11-15)12-31-3)22(30)27-10-14-8-23(14)18(27)7-17(28)21-20(23)13(2)9-24-21/h6-7,9,11,14,24H,4-5,8,10,12H2,1-3H3,(H,25,29)/t14-,23+/m0/s1. The van der Waals surface area contributed by atoms with Crippen molar-refractivity contribution in [3.05, 3.63) is 52.7 Å². The highest BCUT2D eigenvalue weighted by molar-refractivity contribution is 6.09. The Bertz CT molecular complexity index is 1140. The van der Waals surface area contributed by atoms with Crippen molar-refractivity contribution in [2.45, 2.75) is 45.3 Å². The second kappa shape index (κ2) is 6.95. The first kappa shape index (κ1) is 19.8. The molecule has 2 N–H and O–H groups in total. The molecule has 1 spiro atoms. The molecule has 31 heavy (non-hydrogen) atoms. The fraction of sp³-hybridized carbons (Fsp3) is 0.435. The smallest absolute Gasteiger partial charge is 0.274 e. The summed E-state index contributed by atoms with van der Waals surface area (Å²) in [6.45, 7) is 4.72. The van der Waals surface area contributed by atoms with Gasteiger partial charge in [0.1, 0.15) is 12.4 Å². The molecule has 8 nitrogen and oxygen atoms in total. The molecule has 2 aliphatic carbocycles. The van der Waals surface area contributed by atoms with Crippen LogP contribution in [0.3, 0.4) is 0 Å². The molecular weight excluding hydrogens is 396 g/mol. The van der Waals surface area contributed by atoms with E-state index in [1.54, 1.807) is 34.9 Å². The van der Waals surface area contributed by atoms with E-state index < -0.39 is 0 Å². The monoisotopic (exact) mass is 422 g/mol. The summed E-state index contributed by atoms with van der Waals surface area (Å²) in [7, 11) is 1.56. The van der Waals surface area contributed by atoms with Crippen LogP contribution in [0.5, 0.6) is 0 Å². The highest BCUT2D eigenvalue weighted by Gasteiger charge is 2.68. The van der Waals surface area contributed by atoms with Gasteiger partial charge in [-0.2, -0.15) is 0 Å². The maximum atomic E-state index is 13.6. The molecule has 1 aliphatic heterocycles. The molecule has 5 rings (SSSR count). The van der Waals surface area contributed by atoms with Gasteiger partial charge in [-0.3, -0.25) is 14.4 Å². The molecule has 0 radical (unpaired) electrons. The number of anilines is 1. The number of ether oxygens (including phenoxy) is 1. The minimum absolute atomic E-state index is 0.0890. The number of aromatic nitrogens is 2. The second-order valence-electron chi connectivity index (χ2n) is 8.70. The van der Waals surface area contributed by atoms with Gasteiger partial charge in [-0.05, 0) is 42.9 Å². The van der Waals surface area contributed by atoms with Crippen molar-refractivity contribution in [2.75, 3.05) is 19.0 Å². The van der Waals surface area contributed by atoms with Crippen molar-refractivity contribution < 1.29 is 19.1 Å². The van der Waals surface area contributed by atoms with Gasteiger partial charge in [-0.15, -0.1) is 0 Å². The first-order valence-electron chi connectivity index (χ1n) is 10.7.